The summed E-state index contributed by atoms with van der Waals surface area (Å²) in [5, 5.41) is 3.12. The van der Waals surface area contributed by atoms with E-state index in [4.69, 9.17) is 4.74 Å². The fourth-order valence-corrected chi connectivity index (χ4v) is 4.31. The molecule has 0 saturated heterocycles. The van der Waals surface area contributed by atoms with Gasteiger partial charge in [-0.25, -0.2) is 0 Å². The third kappa shape index (κ3) is 6.40. The zero-order valence-corrected chi connectivity index (χ0v) is 21.5. The summed E-state index contributed by atoms with van der Waals surface area (Å²) in [5.74, 6) is 1.75. The molecule has 0 bridgehead atoms. The molecule has 1 N–H and O–H groups in total. The molecule has 180 valence electrons. The van der Waals surface area contributed by atoms with Crippen molar-refractivity contribution in [2.24, 2.45) is 5.92 Å². The first-order valence-electron chi connectivity index (χ1n) is 12.8. The molecule has 33 heavy (non-hydrogen) atoms. The minimum absolute atomic E-state index is 0.0721. The molecule has 2 aromatic carbocycles. The predicted molar refractivity (Wildman–Crippen MR) is 138 cm³/mol. The van der Waals surface area contributed by atoms with E-state index in [2.05, 4.69) is 77.2 Å². The third-order valence-electron chi connectivity index (χ3n) is 7.74. The highest BCUT2D eigenvalue weighted by molar-refractivity contribution is 5.82. The van der Waals surface area contributed by atoms with Gasteiger partial charge >= 0.3 is 0 Å². The molecule has 3 nitrogen and oxygen atoms in total. The quantitative estimate of drug-likeness (QED) is 0.350. The summed E-state index contributed by atoms with van der Waals surface area (Å²) >= 11 is 0. The van der Waals surface area contributed by atoms with Gasteiger partial charge in [-0.1, -0.05) is 84.0 Å². The Balaban J connectivity index is 1.46. The zero-order chi connectivity index (χ0) is 24.1. The molecule has 0 radical (unpaired) electrons. The number of benzene rings is 2. The van der Waals surface area contributed by atoms with E-state index < -0.39 is 0 Å². The lowest BCUT2D eigenvalue weighted by Crippen LogP contribution is -2.26. The first-order valence-corrected chi connectivity index (χ1v) is 12.8. The Kier molecular flexibility index (Phi) is 8.26. The number of carbonyl (C=O) groups excluding carboxylic acids is 1. The average Bonchev–Trinajstić information content (AvgIpc) is 3.63. The maximum Gasteiger partial charge on any atom is 0.223 e. The van der Waals surface area contributed by atoms with Gasteiger partial charge in [0, 0.05) is 18.0 Å². The van der Waals surface area contributed by atoms with Gasteiger partial charge in [-0.3, -0.25) is 4.79 Å². The summed E-state index contributed by atoms with van der Waals surface area (Å²) in [6.07, 6.45) is 5.01. The van der Waals surface area contributed by atoms with Crippen LogP contribution in [0.25, 0.3) is 0 Å². The molecule has 3 heteroatoms. The van der Waals surface area contributed by atoms with Gasteiger partial charge in [0.25, 0.3) is 0 Å². The SMILES string of the molecule is CCC(C)(C)c1ccc(OCCCCNC(=O)[C@@H]2C[C@@H]2c2ccccc2)c(C(C)(C)CC)c1. The second-order valence-corrected chi connectivity index (χ2v) is 10.9. The molecular formula is C30H43NO2. The largest absolute Gasteiger partial charge is 0.493 e. The van der Waals surface area contributed by atoms with Crippen molar-refractivity contribution in [3.63, 3.8) is 0 Å². The molecule has 1 fully saturated rings. The van der Waals surface area contributed by atoms with Crippen LogP contribution in [0.1, 0.15) is 96.3 Å². The van der Waals surface area contributed by atoms with Crippen LogP contribution in [0.4, 0.5) is 0 Å². The van der Waals surface area contributed by atoms with Gasteiger partial charge in [0.15, 0.2) is 0 Å². The molecule has 0 spiro atoms. The van der Waals surface area contributed by atoms with Crippen molar-refractivity contribution < 1.29 is 9.53 Å². The number of ether oxygens (including phenoxy) is 1. The summed E-state index contributed by atoms with van der Waals surface area (Å²) < 4.78 is 6.26. The van der Waals surface area contributed by atoms with Gasteiger partial charge in [-0.05, 0) is 66.0 Å². The molecule has 0 heterocycles. The van der Waals surface area contributed by atoms with Gasteiger partial charge in [0.1, 0.15) is 5.75 Å². The smallest absolute Gasteiger partial charge is 0.223 e. The first-order chi connectivity index (χ1) is 15.7. The van der Waals surface area contributed by atoms with Crippen LogP contribution in [0.5, 0.6) is 5.75 Å². The second kappa shape index (κ2) is 10.8. The molecular weight excluding hydrogens is 406 g/mol. The van der Waals surface area contributed by atoms with E-state index in [1.807, 2.05) is 18.2 Å². The number of carbonyl (C=O) groups is 1. The van der Waals surface area contributed by atoms with Gasteiger partial charge in [-0.15, -0.1) is 0 Å². The van der Waals surface area contributed by atoms with E-state index in [0.717, 1.165) is 44.4 Å². The van der Waals surface area contributed by atoms with Crippen molar-refractivity contribution in [3.05, 3.63) is 65.2 Å². The van der Waals surface area contributed by atoms with Crippen molar-refractivity contribution in [2.75, 3.05) is 13.2 Å². The summed E-state index contributed by atoms with van der Waals surface area (Å²) in [6.45, 7) is 15.1. The van der Waals surface area contributed by atoms with Crippen molar-refractivity contribution in [1.29, 1.82) is 0 Å². The third-order valence-corrected chi connectivity index (χ3v) is 7.74. The van der Waals surface area contributed by atoms with Crippen LogP contribution in [0, 0.1) is 5.92 Å². The maximum atomic E-state index is 12.4. The predicted octanol–water partition coefficient (Wildman–Crippen LogP) is 7.14. The topological polar surface area (TPSA) is 38.3 Å². The molecule has 2 atom stereocenters. The Morgan fingerprint density at radius 2 is 1.67 bits per heavy atom. The summed E-state index contributed by atoms with van der Waals surface area (Å²) in [5.41, 5.74) is 4.20. The van der Waals surface area contributed by atoms with E-state index in [9.17, 15) is 4.79 Å². The lowest BCUT2D eigenvalue weighted by atomic mass is 9.76. The van der Waals surface area contributed by atoms with Crippen LogP contribution in [0.2, 0.25) is 0 Å². The van der Waals surface area contributed by atoms with E-state index in [0.29, 0.717) is 12.5 Å². The Morgan fingerprint density at radius 3 is 2.33 bits per heavy atom. The van der Waals surface area contributed by atoms with E-state index in [1.54, 1.807) is 0 Å². The monoisotopic (exact) mass is 449 g/mol. The van der Waals surface area contributed by atoms with Crippen molar-refractivity contribution in [3.8, 4) is 5.75 Å². The normalized spacial score (nSPS) is 18.1. The van der Waals surface area contributed by atoms with Gasteiger partial charge in [-0.2, -0.15) is 0 Å². The number of unbranched alkanes of at least 4 members (excludes halogenated alkanes) is 1. The number of rotatable bonds is 12. The number of amides is 1. The molecule has 0 aliphatic heterocycles. The van der Waals surface area contributed by atoms with E-state index >= 15 is 0 Å². The molecule has 2 aromatic rings. The first kappa shape index (κ1) is 25.3. The maximum absolute atomic E-state index is 12.4. The van der Waals surface area contributed by atoms with Crippen LogP contribution in [0.15, 0.2) is 48.5 Å². The fourth-order valence-electron chi connectivity index (χ4n) is 4.31. The molecule has 0 aromatic heterocycles. The molecule has 1 aliphatic rings. The lowest BCUT2D eigenvalue weighted by Gasteiger charge is -2.30. The Hall–Kier alpha value is -2.29. The highest BCUT2D eigenvalue weighted by Crippen LogP contribution is 2.47. The van der Waals surface area contributed by atoms with Crippen LogP contribution >= 0.6 is 0 Å². The highest BCUT2D eigenvalue weighted by Gasteiger charge is 2.43. The van der Waals surface area contributed by atoms with Crippen molar-refractivity contribution in [2.45, 2.75) is 90.4 Å². The zero-order valence-electron chi connectivity index (χ0n) is 21.5. The Labute approximate surface area is 201 Å². The van der Waals surface area contributed by atoms with Crippen LogP contribution in [-0.4, -0.2) is 19.1 Å². The fraction of sp³-hybridized carbons (Fsp3) is 0.567. The van der Waals surface area contributed by atoms with Crippen molar-refractivity contribution >= 4 is 5.91 Å². The van der Waals surface area contributed by atoms with Gasteiger partial charge in [0.05, 0.1) is 6.61 Å². The van der Waals surface area contributed by atoms with Gasteiger partial charge < -0.3 is 10.1 Å². The van der Waals surface area contributed by atoms with Crippen molar-refractivity contribution in [1.82, 2.24) is 5.32 Å². The molecule has 1 aliphatic carbocycles. The molecule has 3 rings (SSSR count). The minimum atomic E-state index is 0.0721. The number of hydrogen-bond acceptors (Lipinski definition) is 2. The number of nitrogens with one attached hydrogen (secondary N) is 1. The second-order valence-electron chi connectivity index (χ2n) is 10.9. The van der Waals surface area contributed by atoms with Crippen LogP contribution in [-0.2, 0) is 15.6 Å². The summed E-state index contributed by atoms with van der Waals surface area (Å²) in [7, 11) is 0. The van der Waals surface area contributed by atoms with E-state index in [-0.39, 0.29) is 22.7 Å². The summed E-state index contributed by atoms with van der Waals surface area (Å²) in [4.78, 5) is 12.4. The Morgan fingerprint density at radius 1 is 0.970 bits per heavy atom. The minimum Gasteiger partial charge on any atom is -0.493 e. The average molecular weight is 450 g/mol. The number of hydrogen-bond donors (Lipinski definition) is 1. The van der Waals surface area contributed by atoms with Crippen LogP contribution in [0.3, 0.4) is 0 Å². The molecule has 0 unspecified atom stereocenters. The van der Waals surface area contributed by atoms with E-state index in [1.165, 1.54) is 16.7 Å². The van der Waals surface area contributed by atoms with Gasteiger partial charge in [0.2, 0.25) is 5.91 Å². The standard InChI is InChI=1S/C30H43NO2/c1-7-29(3,4)23-16-17-27(26(20-23)30(5,6)8-2)33-19-13-12-18-31-28(32)25-21-24(25)22-14-10-9-11-15-22/h9-11,14-17,20,24-25H,7-8,12-13,18-19,21H2,1-6H3,(H,31,32)/t24-,25-/m1/s1. The van der Waals surface area contributed by atoms with Crippen LogP contribution < -0.4 is 10.1 Å². The summed E-state index contributed by atoms with van der Waals surface area (Å²) in [6, 6.07) is 17.1. The highest BCUT2D eigenvalue weighted by atomic mass is 16.5. The Bertz CT molecular complexity index is 916. The molecule has 1 saturated carbocycles. The lowest BCUT2D eigenvalue weighted by molar-refractivity contribution is -0.122. The molecule has 1 amide bonds.